The molecule has 1 unspecified atom stereocenters. The van der Waals surface area contributed by atoms with Crippen molar-refractivity contribution in [1.82, 2.24) is 9.80 Å². The number of nitrogens with one attached hydrogen (secondary N) is 1. The van der Waals surface area contributed by atoms with Crippen molar-refractivity contribution in [3.05, 3.63) is 24.3 Å². The maximum atomic E-state index is 12.8. The number of amidine groups is 1. The average molecular weight is 536 g/mol. The molecule has 206 valence electrons. The lowest BCUT2D eigenvalue weighted by Crippen LogP contribution is -3.10. The number of amides is 3. The Balaban J connectivity index is 1.92. The molecule has 0 bridgehead atoms. The maximum absolute atomic E-state index is 12.8. The minimum Gasteiger partial charge on any atom is -0.494 e. The normalized spacial score (nSPS) is 16.0. The molecule has 1 aromatic carbocycles. The fraction of sp³-hybridized carbons (Fsp3) is 0.630. The Bertz CT molecular complexity index is 935. The number of urea groups is 1. The number of imide groups is 1. The van der Waals surface area contributed by atoms with Crippen molar-refractivity contribution in [3.8, 4) is 5.75 Å². The van der Waals surface area contributed by atoms with Crippen LogP contribution in [0, 0.1) is 0 Å². The predicted molar refractivity (Wildman–Crippen MR) is 146 cm³/mol. The van der Waals surface area contributed by atoms with Gasteiger partial charge >= 0.3 is 17.9 Å². The van der Waals surface area contributed by atoms with Crippen molar-refractivity contribution in [2.24, 2.45) is 5.10 Å². The second kappa shape index (κ2) is 15.0. The molecule has 0 radical (unpaired) electrons. The van der Waals surface area contributed by atoms with Crippen molar-refractivity contribution >= 4 is 35.5 Å². The third kappa shape index (κ3) is 9.34. The van der Waals surface area contributed by atoms with Gasteiger partial charge in [-0.25, -0.2) is 9.69 Å². The molecule has 10 heteroatoms. The van der Waals surface area contributed by atoms with E-state index in [0.29, 0.717) is 43.6 Å². The van der Waals surface area contributed by atoms with Crippen molar-refractivity contribution < 1.29 is 28.9 Å². The number of nitrogens with zero attached hydrogens (tertiary/aromatic N) is 3. The fourth-order valence-electron chi connectivity index (χ4n) is 3.87. The molecular formula is C27H43N4O5S+. The number of quaternary nitrogens is 1. The first kappa shape index (κ1) is 30.6. The Labute approximate surface area is 225 Å². The van der Waals surface area contributed by atoms with Gasteiger partial charge in [0.25, 0.3) is 5.84 Å². The fourth-order valence-corrected chi connectivity index (χ4v) is 4.87. The molecule has 0 saturated heterocycles. The zero-order valence-electron chi connectivity index (χ0n) is 23.2. The van der Waals surface area contributed by atoms with Crippen LogP contribution in [0.25, 0.3) is 0 Å². The number of esters is 1. The van der Waals surface area contributed by atoms with Crippen molar-refractivity contribution in [3.63, 3.8) is 0 Å². The Morgan fingerprint density at radius 2 is 1.70 bits per heavy atom. The summed E-state index contributed by atoms with van der Waals surface area (Å²) in [5, 5.41) is 4.68. The van der Waals surface area contributed by atoms with Crippen molar-refractivity contribution in [2.45, 2.75) is 75.9 Å². The summed E-state index contributed by atoms with van der Waals surface area (Å²) in [6, 6.07) is 7.30. The van der Waals surface area contributed by atoms with E-state index < -0.39 is 4.75 Å². The molecule has 1 N–H and O–H groups in total. The Morgan fingerprint density at radius 3 is 2.35 bits per heavy atom. The Kier molecular flexibility index (Phi) is 12.4. The van der Waals surface area contributed by atoms with E-state index in [-0.39, 0.29) is 17.9 Å². The molecule has 9 nitrogen and oxygen atoms in total. The molecule has 0 aromatic heterocycles. The van der Waals surface area contributed by atoms with E-state index in [2.05, 4.69) is 12.0 Å². The first-order valence-corrected chi connectivity index (χ1v) is 14.0. The lowest BCUT2D eigenvalue weighted by atomic mass is 10.1. The van der Waals surface area contributed by atoms with E-state index in [1.165, 1.54) is 38.1 Å². The third-order valence-electron chi connectivity index (χ3n) is 6.02. The zero-order chi connectivity index (χ0) is 27.4. The molecule has 1 atom stereocenters. The highest BCUT2D eigenvalue weighted by molar-refractivity contribution is 8.01. The summed E-state index contributed by atoms with van der Waals surface area (Å²) in [6.07, 6.45) is 6.31. The zero-order valence-corrected chi connectivity index (χ0v) is 24.0. The van der Waals surface area contributed by atoms with Gasteiger partial charge in [-0.15, -0.1) is 16.8 Å². The molecule has 0 fully saturated rings. The van der Waals surface area contributed by atoms with Crippen LogP contribution in [0.3, 0.4) is 0 Å². The summed E-state index contributed by atoms with van der Waals surface area (Å²) in [5.41, 5.74) is 0. The van der Waals surface area contributed by atoms with Crippen LogP contribution in [0.4, 0.5) is 4.79 Å². The first-order chi connectivity index (χ1) is 17.6. The number of ether oxygens (including phenoxy) is 2. The topological polar surface area (TPSA) is 92.9 Å². The minimum absolute atomic E-state index is 0.236. The van der Waals surface area contributed by atoms with Gasteiger partial charge in [-0.2, -0.15) is 0 Å². The number of unbranched alkanes of at least 4 members (excludes halogenated alkanes) is 4. The molecule has 0 spiro atoms. The van der Waals surface area contributed by atoms with Crippen molar-refractivity contribution in [2.75, 3.05) is 40.4 Å². The second-order valence-corrected chi connectivity index (χ2v) is 11.3. The van der Waals surface area contributed by atoms with Gasteiger partial charge < -0.3 is 14.4 Å². The second-order valence-electron chi connectivity index (χ2n) is 9.60. The van der Waals surface area contributed by atoms with Gasteiger partial charge in [-0.3, -0.25) is 9.59 Å². The summed E-state index contributed by atoms with van der Waals surface area (Å²) in [4.78, 5) is 41.1. The summed E-state index contributed by atoms with van der Waals surface area (Å²) in [6.45, 7) is 9.85. The summed E-state index contributed by atoms with van der Waals surface area (Å²) < 4.78 is 10.4. The van der Waals surface area contributed by atoms with Crippen LogP contribution >= 0.6 is 11.8 Å². The van der Waals surface area contributed by atoms with Gasteiger partial charge in [0.15, 0.2) is 0 Å². The number of hydrogen-bond donors (Lipinski definition) is 1. The molecule has 1 aromatic rings. The molecular weight excluding hydrogens is 492 g/mol. The molecule has 2 rings (SSSR count). The summed E-state index contributed by atoms with van der Waals surface area (Å²) in [7, 11) is 3.14. The highest BCUT2D eigenvalue weighted by Gasteiger charge is 2.38. The quantitative estimate of drug-likeness (QED) is 0.208. The van der Waals surface area contributed by atoms with Gasteiger partial charge in [-0.1, -0.05) is 37.7 Å². The molecule has 1 aliphatic heterocycles. The van der Waals surface area contributed by atoms with Crippen LogP contribution in [-0.2, 0) is 14.3 Å². The van der Waals surface area contributed by atoms with E-state index in [1.807, 2.05) is 43.0 Å². The molecule has 0 aliphatic carbocycles. The number of hydrogen-bond acceptors (Lipinski definition) is 8. The standard InChI is InChI=1S/C27H42N4O5S/c1-7-9-10-11-12-18-31(23-24(32)29(5)26(34)30(6)28-23)19-13-20-36-21-14-16-22(17-15-21)37-27(3,4)25(33)35-8-2/h14-17H,7-13,18-20H2,1-6H3/p+1. The maximum Gasteiger partial charge on any atom is 0.450 e. The molecule has 1 heterocycles. The van der Waals surface area contributed by atoms with E-state index in [1.54, 1.807) is 14.0 Å². The van der Waals surface area contributed by atoms with Crippen molar-refractivity contribution in [1.29, 1.82) is 0 Å². The number of likely N-dealkylation sites (N-methyl/N-ethyl adjacent to an activating group) is 1. The van der Waals surface area contributed by atoms with Crippen LogP contribution < -0.4 is 9.75 Å². The highest BCUT2D eigenvalue weighted by atomic mass is 32.2. The highest BCUT2D eigenvalue weighted by Crippen LogP contribution is 2.34. The summed E-state index contributed by atoms with van der Waals surface area (Å²) >= 11 is 1.45. The largest absolute Gasteiger partial charge is 0.494 e. The number of carbonyl (C=O) groups is 3. The Hall–Kier alpha value is -2.59. The summed E-state index contributed by atoms with van der Waals surface area (Å²) in [5.74, 6) is 0.481. The van der Waals surface area contributed by atoms with E-state index in [9.17, 15) is 14.4 Å². The average Bonchev–Trinajstić information content (AvgIpc) is 2.87. The van der Waals surface area contributed by atoms with Crippen LogP contribution in [0.2, 0.25) is 0 Å². The molecule has 3 amide bonds. The number of thioether (sulfide) groups is 1. The number of carbonyl (C=O) groups excluding carboxylic acids is 3. The third-order valence-corrected chi connectivity index (χ3v) is 7.20. The van der Waals surface area contributed by atoms with Crippen LogP contribution in [-0.4, -0.2) is 78.7 Å². The van der Waals surface area contributed by atoms with E-state index >= 15 is 0 Å². The Morgan fingerprint density at radius 1 is 1.05 bits per heavy atom. The first-order valence-electron chi connectivity index (χ1n) is 13.2. The van der Waals surface area contributed by atoms with Crippen LogP contribution in [0.1, 0.15) is 66.2 Å². The molecule has 0 saturated carbocycles. The monoisotopic (exact) mass is 535 g/mol. The lowest BCUT2D eigenvalue weighted by Gasteiger charge is -2.29. The van der Waals surface area contributed by atoms with Crippen LogP contribution in [0.5, 0.6) is 5.75 Å². The predicted octanol–water partition coefficient (Wildman–Crippen LogP) is 3.58. The SMILES string of the molecule is CCCCCCCN(CCCOc1ccc(SC(C)(C)C(=O)OCC)cc1)C1=N[NH+](C)C(=O)N(C)C1=O. The number of benzene rings is 1. The van der Waals surface area contributed by atoms with E-state index in [4.69, 9.17) is 9.47 Å². The lowest BCUT2D eigenvalue weighted by molar-refractivity contribution is -0.804. The minimum atomic E-state index is -0.674. The van der Waals surface area contributed by atoms with Crippen LogP contribution in [0.15, 0.2) is 34.3 Å². The number of rotatable bonds is 15. The van der Waals surface area contributed by atoms with Gasteiger partial charge in [-0.05, 0) is 57.9 Å². The van der Waals surface area contributed by atoms with Gasteiger partial charge in [0.05, 0.1) is 13.2 Å². The van der Waals surface area contributed by atoms with E-state index in [0.717, 1.165) is 28.4 Å². The van der Waals surface area contributed by atoms with Gasteiger partial charge in [0, 0.05) is 25.0 Å². The molecule has 1 aliphatic rings. The van der Waals surface area contributed by atoms with Gasteiger partial charge in [0.2, 0.25) is 0 Å². The van der Waals surface area contributed by atoms with Gasteiger partial charge in [0.1, 0.15) is 17.5 Å². The molecule has 37 heavy (non-hydrogen) atoms. The smallest absolute Gasteiger partial charge is 0.450 e.